The Bertz CT molecular complexity index is 516. The smallest absolute Gasteiger partial charge is 0.129 e. The summed E-state index contributed by atoms with van der Waals surface area (Å²) in [5, 5.41) is 5.64. The molecule has 2 rings (SSSR count). The van der Waals surface area contributed by atoms with Gasteiger partial charge in [-0.1, -0.05) is 6.92 Å². The van der Waals surface area contributed by atoms with Crippen molar-refractivity contribution >= 4 is 22.7 Å². The van der Waals surface area contributed by atoms with E-state index in [1.54, 1.807) is 18.4 Å². The van der Waals surface area contributed by atoms with E-state index in [2.05, 4.69) is 43.6 Å². The van der Waals surface area contributed by atoms with Crippen LogP contribution < -0.4 is 10.1 Å². The van der Waals surface area contributed by atoms with Crippen molar-refractivity contribution in [1.29, 1.82) is 0 Å². The molecule has 0 aliphatic rings. The second-order valence-corrected chi connectivity index (χ2v) is 6.51. The highest BCUT2D eigenvalue weighted by atomic mass is 32.1. The van der Waals surface area contributed by atoms with Crippen molar-refractivity contribution in [3.05, 3.63) is 37.7 Å². The lowest BCUT2D eigenvalue weighted by Crippen LogP contribution is -2.20. The van der Waals surface area contributed by atoms with Crippen LogP contribution in [0.5, 0.6) is 5.75 Å². The highest BCUT2D eigenvalue weighted by Gasteiger charge is 2.19. The number of aryl methyl sites for hydroxylation is 2. The molecule has 98 valence electrons. The number of ether oxygens (including phenoxy) is 1. The molecule has 2 aromatic heterocycles. The first kappa shape index (κ1) is 13.6. The molecule has 0 fully saturated rings. The molecule has 0 bridgehead atoms. The first-order valence-electron chi connectivity index (χ1n) is 6.08. The van der Waals surface area contributed by atoms with Gasteiger partial charge in [0.1, 0.15) is 5.75 Å². The average Bonchev–Trinajstić information content (AvgIpc) is 2.93. The van der Waals surface area contributed by atoms with Gasteiger partial charge in [-0.3, -0.25) is 0 Å². The van der Waals surface area contributed by atoms with Crippen LogP contribution in [0, 0.1) is 13.8 Å². The molecule has 0 aromatic carbocycles. The normalized spacial score (nSPS) is 12.7. The highest BCUT2D eigenvalue weighted by molar-refractivity contribution is 7.13. The average molecular weight is 281 g/mol. The fourth-order valence-electron chi connectivity index (χ4n) is 2.07. The quantitative estimate of drug-likeness (QED) is 0.889. The summed E-state index contributed by atoms with van der Waals surface area (Å²) >= 11 is 3.63. The van der Waals surface area contributed by atoms with E-state index in [4.69, 9.17) is 4.74 Å². The predicted molar refractivity (Wildman–Crippen MR) is 80.2 cm³/mol. The fourth-order valence-corrected chi connectivity index (χ4v) is 4.21. The highest BCUT2D eigenvalue weighted by Crippen LogP contribution is 2.36. The monoisotopic (exact) mass is 281 g/mol. The minimum atomic E-state index is 0.294. The molecule has 0 spiro atoms. The summed E-state index contributed by atoms with van der Waals surface area (Å²) in [5.41, 5.74) is 1.37. The first-order valence-corrected chi connectivity index (χ1v) is 7.78. The summed E-state index contributed by atoms with van der Waals surface area (Å²) in [6.45, 7) is 7.46. The Balaban J connectivity index is 2.36. The van der Waals surface area contributed by atoms with Crippen molar-refractivity contribution in [1.82, 2.24) is 5.32 Å². The number of methoxy groups -OCH3 is 1. The molecule has 1 atom stereocenters. The van der Waals surface area contributed by atoms with Crippen molar-refractivity contribution in [2.24, 2.45) is 0 Å². The molecule has 1 unspecified atom stereocenters. The van der Waals surface area contributed by atoms with Crippen molar-refractivity contribution in [3.63, 3.8) is 0 Å². The third-order valence-electron chi connectivity index (χ3n) is 2.87. The molecule has 0 aliphatic carbocycles. The van der Waals surface area contributed by atoms with Gasteiger partial charge in [0.2, 0.25) is 0 Å². The van der Waals surface area contributed by atoms with Crippen LogP contribution in [0.2, 0.25) is 0 Å². The maximum absolute atomic E-state index is 5.28. The molecule has 0 saturated heterocycles. The van der Waals surface area contributed by atoms with Gasteiger partial charge in [0, 0.05) is 20.0 Å². The van der Waals surface area contributed by atoms with Gasteiger partial charge in [-0.05, 0) is 38.1 Å². The van der Waals surface area contributed by atoms with E-state index >= 15 is 0 Å². The van der Waals surface area contributed by atoms with Crippen LogP contribution in [0.1, 0.15) is 33.2 Å². The summed E-state index contributed by atoms with van der Waals surface area (Å²) in [4.78, 5) is 4.10. The van der Waals surface area contributed by atoms with E-state index in [1.165, 1.54) is 20.2 Å². The number of rotatable bonds is 5. The summed E-state index contributed by atoms with van der Waals surface area (Å²) in [6.07, 6.45) is 0. The van der Waals surface area contributed by atoms with Crippen LogP contribution in [-0.2, 0) is 0 Å². The molecule has 0 amide bonds. The zero-order chi connectivity index (χ0) is 13.1. The second-order valence-electron chi connectivity index (χ2n) is 4.28. The van der Waals surface area contributed by atoms with Gasteiger partial charge in [-0.25, -0.2) is 0 Å². The summed E-state index contributed by atoms with van der Waals surface area (Å²) in [5.74, 6) is 0.948. The molecule has 0 aliphatic heterocycles. The van der Waals surface area contributed by atoms with E-state index in [-0.39, 0.29) is 0 Å². The number of hydrogen-bond donors (Lipinski definition) is 1. The zero-order valence-electron chi connectivity index (χ0n) is 11.2. The summed E-state index contributed by atoms with van der Waals surface area (Å²) < 4.78 is 5.28. The second kappa shape index (κ2) is 5.87. The Labute approximate surface area is 117 Å². The van der Waals surface area contributed by atoms with Crippen molar-refractivity contribution in [2.75, 3.05) is 13.7 Å². The van der Waals surface area contributed by atoms with E-state index < -0.39 is 0 Å². The lowest BCUT2D eigenvalue weighted by Gasteiger charge is -2.16. The molecule has 2 heterocycles. The summed E-state index contributed by atoms with van der Waals surface area (Å²) in [6, 6.07) is 4.68. The number of thiophene rings is 2. The largest absolute Gasteiger partial charge is 0.496 e. The van der Waals surface area contributed by atoms with Gasteiger partial charge in [-0.15, -0.1) is 22.7 Å². The topological polar surface area (TPSA) is 21.3 Å². The minimum absolute atomic E-state index is 0.294. The van der Waals surface area contributed by atoms with E-state index in [1.807, 2.05) is 11.3 Å². The fraction of sp³-hybridized carbons (Fsp3) is 0.429. The lowest BCUT2D eigenvalue weighted by molar-refractivity contribution is 0.416. The van der Waals surface area contributed by atoms with Crippen molar-refractivity contribution < 1.29 is 4.74 Å². The molecule has 18 heavy (non-hydrogen) atoms. The molecule has 2 aromatic rings. The molecular weight excluding hydrogens is 262 g/mol. The maximum atomic E-state index is 5.28. The third-order valence-corrected chi connectivity index (χ3v) is 5.06. The molecule has 4 heteroatoms. The minimum Gasteiger partial charge on any atom is -0.496 e. The van der Waals surface area contributed by atoms with E-state index in [0.29, 0.717) is 6.04 Å². The van der Waals surface area contributed by atoms with Gasteiger partial charge < -0.3 is 10.1 Å². The van der Waals surface area contributed by atoms with Crippen LogP contribution >= 0.6 is 22.7 Å². The van der Waals surface area contributed by atoms with Crippen molar-refractivity contribution in [3.8, 4) is 5.75 Å². The third kappa shape index (κ3) is 2.76. The van der Waals surface area contributed by atoms with Crippen LogP contribution in [-0.4, -0.2) is 13.7 Å². The van der Waals surface area contributed by atoms with Crippen LogP contribution in [0.3, 0.4) is 0 Å². The molecule has 0 saturated carbocycles. The van der Waals surface area contributed by atoms with Gasteiger partial charge in [0.05, 0.1) is 13.2 Å². The maximum Gasteiger partial charge on any atom is 0.129 e. The van der Waals surface area contributed by atoms with Crippen LogP contribution in [0.4, 0.5) is 0 Å². The van der Waals surface area contributed by atoms with Crippen LogP contribution in [0.25, 0.3) is 0 Å². The molecule has 1 N–H and O–H groups in total. The lowest BCUT2D eigenvalue weighted by atomic mass is 10.1. The Morgan fingerprint density at radius 1 is 1.33 bits per heavy atom. The van der Waals surface area contributed by atoms with Gasteiger partial charge in [-0.2, -0.15) is 0 Å². The molecule has 2 nitrogen and oxygen atoms in total. The number of hydrogen-bond acceptors (Lipinski definition) is 4. The first-order chi connectivity index (χ1) is 8.65. The van der Waals surface area contributed by atoms with Gasteiger partial charge in [0.15, 0.2) is 0 Å². The van der Waals surface area contributed by atoms with Crippen molar-refractivity contribution in [2.45, 2.75) is 26.8 Å². The van der Waals surface area contributed by atoms with E-state index in [0.717, 1.165) is 12.3 Å². The molecule has 0 radical (unpaired) electrons. The summed E-state index contributed by atoms with van der Waals surface area (Å²) in [7, 11) is 1.72. The Kier molecular flexibility index (Phi) is 4.43. The number of nitrogens with one attached hydrogen (secondary N) is 1. The zero-order valence-corrected chi connectivity index (χ0v) is 12.9. The Hall–Kier alpha value is -0.840. The Morgan fingerprint density at radius 2 is 2.11 bits per heavy atom. The standard InChI is InChI=1S/C14H19NOS2/c1-5-15-13(12-7-11(16-4)8-17-12)14-9(2)6-10(3)18-14/h6-8,13,15H,5H2,1-4H3. The Morgan fingerprint density at radius 3 is 2.61 bits per heavy atom. The van der Waals surface area contributed by atoms with Crippen LogP contribution in [0.15, 0.2) is 17.5 Å². The predicted octanol–water partition coefficient (Wildman–Crippen LogP) is 4.13. The molecular formula is C14H19NOS2. The van der Waals surface area contributed by atoms with E-state index in [9.17, 15) is 0 Å². The van der Waals surface area contributed by atoms with Gasteiger partial charge in [0.25, 0.3) is 0 Å². The SMILES string of the molecule is CCNC(c1cc(OC)cs1)c1sc(C)cc1C. The van der Waals surface area contributed by atoms with Gasteiger partial charge >= 0.3 is 0 Å².